The third-order valence-electron chi connectivity index (χ3n) is 5.36. The van der Waals surface area contributed by atoms with Crippen LogP contribution < -0.4 is 20.9 Å². The molecule has 0 atom stereocenters. The second-order valence-electron chi connectivity index (χ2n) is 7.72. The quantitative estimate of drug-likeness (QED) is 0.255. The van der Waals surface area contributed by atoms with Crippen LogP contribution in [0, 0.1) is 11.8 Å². The maximum absolute atomic E-state index is 12.5. The first-order valence-corrected chi connectivity index (χ1v) is 10.8. The molecule has 2 aromatic rings. The van der Waals surface area contributed by atoms with Gasteiger partial charge in [0.1, 0.15) is 17.2 Å². The van der Waals surface area contributed by atoms with E-state index >= 15 is 0 Å². The van der Waals surface area contributed by atoms with E-state index in [4.69, 9.17) is 25.7 Å². The van der Waals surface area contributed by atoms with E-state index in [2.05, 4.69) is 4.99 Å². The highest BCUT2D eigenvalue weighted by Gasteiger charge is 2.27. The molecule has 0 amide bonds. The Labute approximate surface area is 199 Å². The third-order valence-corrected chi connectivity index (χ3v) is 5.36. The molecule has 8 nitrogen and oxygen atoms in total. The number of halogens is 1. The lowest BCUT2D eigenvalue weighted by Gasteiger charge is -2.26. The third kappa shape index (κ3) is 7.98. The minimum atomic E-state index is -0.368. The van der Waals surface area contributed by atoms with Crippen molar-refractivity contribution in [3.63, 3.8) is 0 Å². The molecular formula is C24H30ClN3O5. The van der Waals surface area contributed by atoms with Crippen molar-refractivity contribution >= 4 is 30.3 Å². The van der Waals surface area contributed by atoms with E-state index in [9.17, 15) is 9.59 Å². The summed E-state index contributed by atoms with van der Waals surface area (Å²) in [5.41, 5.74) is 11.2. The summed E-state index contributed by atoms with van der Waals surface area (Å²) in [6.45, 7) is 2.70. The zero-order valence-corrected chi connectivity index (χ0v) is 19.4. The van der Waals surface area contributed by atoms with Gasteiger partial charge in [0.25, 0.3) is 0 Å². The predicted octanol–water partition coefficient (Wildman–Crippen LogP) is 4.06. The lowest BCUT2D eigenvalue weighted by atomic mass is 9.82. The summed E-state index contributed by atoms with van der Waals surface area (Å²) in [6.07, 6.45) is 3.34. The summed E-state index contributed by atoms with van der Waals surface area (Å²) in [4.78, 5) is 28.3. The Bertz CT molecular complexity index is 936. The molecule has 0 heterocycles. The van der Waals surface area contributed by atoms with Crippen molar-refractivity contribution in [1.82, 2.24) is 0 Å². The number of carbonyl (C=O) groups excluding carboxylic acids is 2. The standard InChI is InChI=1S/C24H29N3O5.ClH/c1-2-30-22(28)17-7-9-19(10-8-17)31-20-11-13-21(14-12-20)32-23(29)18-5-3-16(4-6-18)15-27-24(25)26;/h7-14,16,18H,2-6,15H2,1H3,(H4,25,26,27);1H. The molecule has 0 saturated heterocycles. The van der Waals surface area contributed by atoms with E-state index in [0.717, 1.165) is 25.7 Å². The molecule has 178 valence electrons. The second-order valence-corrected chi connectivity index (χ2v) is 7.72. The van der Waals surface area contributed by atoms with Crippen LogP contribution >= 0.6 is 12.4 Å². The number of hydrogen-bond donors (Lipinski definition) is 2. The smallest absolute Gasteiger partial charge is 0.338 e. The molecule has 1 fully saturated rings. The van der Waals surface area contributed by atoms with Crippen LogP contribution in [0.3, 0.4) is 0 Å². The summed E-state index contributed by atoms with van der Waals surface area (Å²) in [6, 6.07) is 13.6. The first-order chi connectivity index (χ1) is 15.4. The lowest BCUT2D eigenvalue weighted by Crippen LogP contribution is -2.28. The molecule has 4 N–H and O–H groups in total. The average molecular weight is 476 g/mol. The number of nitrogens with two attached hydrogens (primary N) is 2. The molecule has 3 rings (SSSR count). The van der Waals surface area contributed by atoms with Gasteiger partial charge < -0.3 is 25.7 Å². The van der Waals surface area contributed by atoms with Gasteiger partial charge in [-0.05, 0) is 87.1 Å². The number of carbonyl (C=O) groups is 2. The van der Waals surface area contributed by atoms with Crippen molar-refractivity contribution < 1.29 is 23.8 Å². The van der Waals surface area contributed by atoms with Gasteiger partial charge in [0.2, 0.25) is 0 Å². The van der Waals surface area contributed by atoms with E-state index in [1.54, 1.807) is 55.5 Å². The van der Waals surface area contributed by atoms with Gasteiger partial charge in [0.05, 0.1) is 18.1 Å². The van der Waals surface area contributed by atoms with Crippen LogP contribution in [0.4, 0.5) is 0 Å². The molecule has 0 spiro atoms. The Kier molecular flexibility index (Phi) is 10.00. The number of ether oxygens (including phenoxy) is 3. The van der Waals surface area contributed by atoms with Gasteiger partial charge in [-0.2, -0.15) is 0 Å². The Morgan fingerprint density at radius 2 is 1.45 bits per heavy atom. The Balaban J connectivity index is 0.00000385. The monoisotopic (exact) mass is 475 g/mol. The van der Waals surface area contributed by atoms with E-state index in [1.165, 1.54) is 0 Å². The van der Waals surface area contributed by atoms with Gasteiger partial charge in [-0.15, -0.1) is 12.4 Å². The average Bonchev–Trinajstić information content (AvgIpc) is 2.80. The van der Waals surface area contributed by atoms with Crippen LogP contribution in [0.15, 0.2) is 53.5 Å². The van der Waals surface area contributed by atoms with Crippen molar-refractivity contribution in [2.75, 3.05) is 13.2 Å². The highest BCUT2D eigenvalue weighted by atomic mass is 35.5. The Morgan fingerprint density at radius 1 is 0.909 bits per heavy atom. The van der Waals surface area contributed by atoms with Crippen LogP contribution in [0.5, 0.6) is 17.2 Å². The number of nitrogens with zero attached hydrogens (tertiary/aromatic N) is 1. The van der Waals surface area contributed by atoms with E-state index in [1.807, 2.05) is 0 Å². The van der Waals surface area contributed by atoms with E-state index < -0.39 is 0 Å². The molecule has 2 aromatic carbocycles. The number of aliphatic imine (C=N–C) groups is 1. The zero-order valence-electron chi connectivity index (χ0n) is 18.6. The fraction of sp³-hybridized carbons (Fsp3) is 0.375. The lowest BCUT2D eigenvalue weighted by molar-refractivity contribution is -0.140. The van der Waals surface area contributed by atoms with Crippen molar-refractivity contribution in [3.05, 3.63) is 54.1 Å². The van der Waals surface area contributed by atoms with Crippen molar-refractivity contribution in [2.45, 2.75) is 32.6 Å². The Hall–Kier alpha value is -3.26. The van der Waals surface area contributed by atoms with Crippen LogP contribution in [0.1, 0.15) is 43.0 Å². The SMILES string of the molecule is CCOC(=O)c1ccc(Oc2ccc(OC(=O)C3CCC(CN=C(N)N)CC3)cc2)cc1.Cl. The number of rotatable bonds is 8. The minimum Gasteiger partial charge on any atom is -0.462 e. The molecule has 0 aromatic heterocycles. The van der Waals surface area contributed by atoms with Crippen LogP contribution in [-0.2, 0) is 9.53 Å². The summed E-state index contributed by atoms with van der Waals surface area (Å²) in [5, 5.41) is 0. The number of hydrogen-bond acceptors (Lipinski definition) is 6. The largest absolute Gasteiger partial charge is 0.462 e. The van der Waals surface area contributed by atoms with Crippen molar-refractivity contribution in [3.8, 4) is 17.2 Å². The normalized spacial score (nSPS) is 17.2. The first-order valence-electron chi connectivity index (χ1n) is 10.8. The molecule has 9 heteroatoms. The Morgan fingerprint density at radius 3 is 2.00 bits per heavy atom. The molecule has 1 aliphatic rings. The molecule has 0 aliphatic heterocycles. The molecular weight excluding hydrogens is 446 g/mol. The molecule has 0 unspecified atom stereocenters. The van der Waals surface area contributed by atoms with Gasteiger partial charge in [-0.3, -0.25) is 9.79 Å². The molecule has 1 aliphatic carbocycles. The van der Waals surface area contributed by atoms with Gasteiger partial charge in [-0.25, -0.2) is 4.79 Å². The first kappa shape index (κ1) is 26.0. The van der Waals surface area contributed by atoms with E-state index in [-0.39, 0.29) is 36.2 Å². The molecule has 0 bridgehead atoms. The fourth-order valence-electron chi connectivity index (χ4n) is 3.60. The fourth-order valence-corrected chi connectivity index (χ4v) is 3.60. The topological polar surface area (TPSA) is 126 Å². The number of esters is 2. The summed E-state index contributed by atoms with van der Waals surface area (Å²) in [5.74, 6) is 1.47. The van der Waals surface area contributed by atoms with Gasteiger partial charge >= 0.3 is 11.9 Å². The number of benzene rings is 2. The van der Waals surface area contributed by atoms with Crippen LogP contribution in [0.25, 0.3) is 0 Å². The van der Waals surface area contributed by atoms with Crippen molar-refractivity contribution in [1.29, 1.82) is 0 Å². The maximum Gasteiger partial charge on any atom is 0.338 e. The molecule has 0 radical (unpaired) electrons. The summed E-state index contributed by atoms with van der Waals surface area (Å²) >= 11 is 0. The van der Waals surface area contributed by atoms with Gasteiger partial charge in [0.15, 0.2) is 5.96 Å². The summed E-state index contributed by atoms with van der Waals surface area (Å²) in [7, 11) is 0. The highest BCUT2D eigenvalue weighted by molar-refractivity contribution is 5.89. The van der Waals surface area contributed by atoms with Crippen molar-refractivity contribution in [2.24, 2.45) is 28.3 Å². The van der Waals surface area contributed by atoms with Gasteiger partial charge in [-0.1, -0.05) is 0 Å². The zero-order chi connectivity index (χ0) is 22.9. The predicted molar refractivity (Wildman–Crippen MR) is 128 cm³/mol. The maximum atomic E-state index is 12.5. The molecule has 33 heavy (non-hydrogen) atoms. The van der Waals surface area contributed by atoms with E-state index in [0.29, 0.717) is 41.9 Å². The minimum absolute atomic E-state index is 0. The number of guanidine groups is 1. The van der Waals surface area contributed by atoms with Crippen LogP contribution in [-0.4, -0.2) is 31.0 Å². The summed E-state index contributed by atoms with van der Waals surface area (Å²) < 4.78 is 16.3. The molecule has 1 saturated carbocycles. The van der Waals surface area contributed by atoms with Crippen LogP contribution in [0.2, 0.25) is 0 Å². The second kappa shape index (κ2) is 12.7. The van der Waals surface area contributed by atoms with Gasteiger partial charge in [0, 0.05) is 6.54 Å². The highest BCUT2D eigenvalue weighted by Crippen LogP contribution is 2.31.